The highest BCUT2D eigenvalue weighted by Crippen LogP contribution is 2.36. The Bertz CT molecular complexity index is 368. The summed E-state index contributed by atoms with van der Waals surface area (Å²) in [5, 5.41) is 10.5. The van der Waals surface area contributed by atoms with Crippen molar-refractivity contribution in [2.75, 3.05) is 6.54 Å². The number of aromatic nitrogens is 2. The third-order valence-corrected chi connectivity index (χ3v) is 3.22. The Labute approximate surface area is 87.2 Å². The monoisotopic (exact) mass is 210 g/mol. The first kappa shape index (κ1) is 10.1. The molecule has 15 heavy (non-hydrogen) atoms. The van der Waals surface area contributed by atoms with Gasteiger partial charge in [-0.25, -0.2) is 0 Å². The predicted molar refractivity (Wildman–Crippen MR) is 54.4 cm³/mol. The van der Waals surface area contributed by atoms with Gasteiger partial charge in [-0.15, -0.1) is 0 Å². The fraction of sp³-hybridized carbons (Fsp3) is 0.667. The number of hydrogen-bond acceptors (Lipinski definition) is 4. The molecule has 1 heterocycles. The van der Waals surface area contributed by atoms with Crippen LogP contribution in [0.3, 0.4) is 0 Å². The summed E-state index contributed by atoms with van der Waals surface area (Å²) in [5.74, 6) is -0.102. The first-order chi connectivity index (χ1) is 7.18. The molecule has 1 aliphatic rings. The fourth-order valence-electron chi connectivity index (χ4n) is 2.27. The molecule has 1 aliphatic carbocycles. The lowest BCUT2D eigenvalue weighted by atomic mass is 9.98. The van der Waals surface area contributed by atoms with Gasteiger partial charge in [-0.3, -0.25) is 0 Å². The Balaban J connectivity index is 2.30. The average molecular weight is 210 g/mol. The first-order valence-corrected chi connectivity index (χ1v) is 5.07. The van der Waals surface area contributed by atoms with Gasteiger partial charge in [-0.05, 0) is 22.7 Å². The minimum Gasteiger partial charge on any atom is -0.358 e. The van der Waals surface area contributed by atoms with E-state index < -0.39 is 4.92 Å². The summed E-state index contributed by atoms with van der Waals surface area (Å²) in [5.41, 5.74) is 5.63. The van der Waals surface area contributed by atoms with Crippen molar-refractivity contribution in [2.24, 2.45) is 5.73 Å². The maximum atomic E-state index is 10.5. The van der Waals surface area contributed by atoms with Crippen molar-refractivity contribution in [2.45, 2.75) is 31.2 Å². The summed E-state index contributed by atoms with van der Waals surface area (Å²) in [6.45, 7) is 0.514. The molecule has 1 fully saturated rings. The number of imidazole rings is 1. The van der Waals surface area contributed by atoms with Gasteiger partial charge in [0, 0.05) is 6.54 Å². The van der Waals surface area contributed by atoms with E-state index >= 15 is 0 Å². The van der Waals surface area contributed by atoms with Crippen LogP contribution in [0.25, 0.3) is 0 Å². The quantitative estimate of drug-likeness (QED) is 0.596. The minimum absolute atomic E-state index is 0.102. The number of nitrogens with zero attached hydrogens (tertiary/aromatic N) is 3. The van der Waals surface area contributed by atoms with Crippen molar-refractivity contribution in [1.29, 1.82) is 0 Å². The molecule has 0 bridgehead atoms. The lowest BCUT2D eigenvalue weighted by Gasteiger charge is -2.27. The molecule has 1 aromatic heterocycles. The molecule has 0 amide bonds. The number of rotatable bonds is 3. The van der Waals surface area contributed by atoms with Crippen molar-refractivity contribution in [3.63, 3.8) is 0 Å². The highest BCUT2D eigenvalue weighted by atomic mass is 16.6. The zero-order valence-electron chi connectivity index (χ0n) is 8.43. The van der Waals surface area contributed by atoms with Crippen LogP contribution in [-0.4, -0.2) is 21.0 Å². The Morgan fingerprint density at radius 2 is 2.27 bits per heavy atom. The second kappa shape index (κ2) is 3.62. The molecule has 2 N–H and O–H groups in total. The molecule has 0 atom stereocenters. The van der Waals surface area contributed by atoms with Gasteiger partial charge in [0.25, 0.3) is 0 Å². The summed E-state index contributed by atoms with van der Waals surface area (Å²) >= 11 is 0. The van der Waals surface area contributed by atoms with E-state index in [1.165, 1.54) is 12.5 Å². The Morgan fingerprint density at radius 3 is 2.73 bits per heavy atom. The molecule has 82 valence electrons. The maximum Gasteiger partial charge on any atom is 0.381 e. The smallest absolute Gasteiger partial charge is 0.358 e. The van der Waals surface area contributed by atoms with Crippen molar-refractivity contribution in [3.8, 4) is 0 Å². The standard InChI is InChI=1S/C9H14N4O2/c10-6-9(3-1-2-4-9)12-5-8(11-7-12)13(14)15/h5,7H,1-4,6,10H2. The highest BCUT2D eigenvalue weighted by Gasteiger charge is 2.35. The summed E-state index contributed by atoms with van der Waals surface area (Å²) in [4.78, 5) is 13.8. The zero-order chi connectivity index (χ0) is 10.9. The maximum absolute atomic E-state index is 10.5. The summed E-state index contributed by atoms with van der Waals surface area (Å²) < 4.78 is 1.82. The van der Waals surface area contributed by atoms with E-state index in [1.54, 1.807) is 0 Å². The first-order valence-electron chi connectivity index (χ1n) is 5.07. The molecule has 0 aromatic carbocycles. The van der Waals surface area contributed by atoms with Crippen LogP contribution < -0.4 is 5.73 Å². The Hall–Kier alpha value is -1.43. The topological polar surface area (TPSA) is 87.0 Å². The third-order valence-electron chi connectivity index (χ3n) is 3.22. The Kier molecular flexibility index (Phi) is 2.44. The summed E-state index contributed by atoms with van der Waals surface area (Å²) in [6, 6.07) is 0. The van der Waals surface area contributed by atoms with Crippen LogP contribution in [-0.2, 0) is 5.54 Å². The van der Waals surface area contributed by atoms with Crippen LogP contribution in [0.15, 0.2) is 12.5 Å². The highest BCUT2D eigenvalue weighted by molar-refractivity contribution is 5.15. The second-order valence-corrected chi connectivity index (χ2v) is 4.03. The van der Waals surface area contributed by atoms with Gasteiger partial charge in [-0.2, -0.15) is 0 Å². The van der Waals surface area contributed by atoms with Crippen LogP contribution in [0, 0.1) is 10.1 Å². The van der Waals surface area contributed by atoms with E-state index in [1.807, 2.05) is 4.57 Å². The van der Waals surface area contributed by atoms with E-state index in [0.29, 0.717) is 6.54 Å². The van der Waals surface area contributed by atoms with E-state index in [2.05, 4.69) is 4.98 Å². The van der Waals surface area contributed by atoms with Crippen molar-refractivity contribution < 1.29 is 4.92 Å². The van der Waals surface area contributed by atoms with Gasteiger partial charge in [0.15, 0.2) is 0 Å². The average Bonchev–Trinajstić information content (AvgIpc) is 2.87. The summed E-state index contributed by atoms with van der Waals surface area (Å²) in [6.07, 6.45) is 7.23. The molecule has 6 heteroatoms. The third kappa shape index (κ3) is 1.61. The van der Waals surface area contributed by atoms with Crippen LogP contribution in [0.1, 0.15) is 25.7 Å². The largest absolute Gasteiger partial charge is 0.381 e. The molecule has 0 saturated heterocycles. The molecule has 0 spiro atoms. The van der Waals surface area contributed by atoms with Gasteiger partial charge in [0.05, 0.1) is 5.54 Å². The van der Waals surface area contributed by atoms with Crippen molar-refractivity contribution in [1.82, 2.24) is 9.55 Å². The molecule has 2 rings (SSSR count). The fourth-order valence-corrected chi connectivity index (χ4v) is 2.27. The molecule has 1 aromatic rings. The lowest BCUT2D eigenvalue weighted by Crippen LogP contribution is -2.37. The molecular formula is C9H14N4O2. The predicted octanol–water partition coefficient (Wildman–Crippen LogP) is 1.02. The van der Waals surface area contributed by atoms with E-state index in [-0.39, 0.29) is 11.4 Å². The van der Waals surface area contributed by atoms with Crippen LogP contribution in [0.5, 0.6) is 0 Å². The van der Waals surface area contributed by atoms with Crippen LogP contribution in [0.2, 0.25) is 0 Å². The Morgan fingerprint density at radius 1 is 1.60 bits per heavy atom. The molecule has 0 aliphatic heterocycles. The van der Waals surface area contributed by atoms with E-state index in [4.69, 9.17) is 5.73 Å². The zero-order valence-corrected chi connectivity index (χ0v) is 8.43. The molecule has 0 unspecified atom stereocenters. The normalized spacial score (nSPS) is 19.3. The van der Waals surface area contributed by atoms with Gasteiger partial charge in [0.1, 0.15) is 6.20 Å². The summed E-state index contributed by atoms with van der Waals surface area (Å²) in [7, 11) is 0. The van der Waals surface area contributed by atoms with Gasteiger partial charge < -0.3 is 20.4 Å². The number of hydrogen-bond donors (Lipinski definition) is 1. The van der Waals surface area contributed by atoms with Crippen LogP contribution in [0.4, 0.5) is 5.82 Å². The molecule has 6 nitrogen and oxygen atoms in total. The molecule has 0 radical (unpaired) electrons. The molecular weight excluding hydrogens is 196 g/mol. The van der Waals surface area contributed by atoms with Crippen molar-refractivity contribution >= 4 is 5.82 Å². The van der Waals surface area contributed by atoms with Crippen molar-refractivity contribution in [3.05, 3.63) is 22.6 Å². The van der Waals surface area contributed by atoms with E-state index in [9.17, 15) is 10.1 Å². The molecule has 1 saturated carbocycles. The van der Waals surface area contributed by atoms with Crippen LogP contribution >= 0.6 is 0 Å². The lowest BCUT2D eigenvalue weighted by molar-refractivity contribution is -0.389. The SMILES string of the molecule is NCC1(n2cnc([N+](=O)[O-])c2)CCCC1. The number of nitrogens with two attached hydrogens (primary N) is 1. The van der Waals surface area contributed by atoms with Gasteiger partial charge >= 0.3 is 5.82 Å². The van der Waals surface area contributed by atoms with Gasteiger partial charge in [-0.1, -0.05) is 12.8 Å². The minimum atomic E-state index is -0.477. The number of nitro groups is 1. The second-order valence-electron chi connectivity index (χ2n) is 4.03. The van der Waals surface area contributed by atoms with Gasteiger partial charge in [0.2, 0.25) is 6.33 Å². The van der Waals surface area contributed by atoms with E-state index in [0.717, 1.165) is 25.7 Å².